The Labute approximate surface area is 130 Å². The maximum atomic E-state index is 12.3. The molecule has 0 amide bonds. The number of benzene rings is 2. The Bertz CT molecular complexity index is 598. The number of Topliss-reactive ketones (excluding diaryl/α,β-unsaturated/α-hetero) is 1. The summed E-state index contributed by atoms with van der Waals surface area (Å²) in [4.78, 5) is 12.3. The standard InChI is InChI=1S/C15H11BrCl2O/c1-9-5-10(7-11(16)6-9)15(19)8-12-13(17)3-2-4-14(12)18/h2-7H,8H2,1H3. The first-order valence-corrected chi connectivity index (χ1v) is 7.25. The Morgan fingerprint density at radius 1 is 1.16 bits per heavy atom. The van der Waals surface area contributed by atoms with Crippen LogP contribution >= 0.6 is 39.1 Å². The van der Waals surface area contributed by atoms with Crippen LogP contribution in [0, 0.1) is 6.92 Å². The molecule has 0 fully saturated rings. The highest BCUT2D eigenvalue weighted by molar-refractivity contribution is 9.10. The van der Waals surface area contributed by atoms with E-state index in [1.807, 2.05) is 19.1 Å². The number of carbonyl (C=O) groups is 1. The number of aryl methyl sites for hydroxylation is 1. The minimum absolute atomic E-state index is 0.000556. The molecule has 0 aliphatic carbocycles. The minimum Gasteiger partial charge on any atom is -0.294 e. The van der Waals surface area contributed by atoms with Crippen LogP contribution in [-0.2, 0) is 6.42 Å². The largest absolute Gasteiger partial charge is 0.294 e. The van der Waals surface area contributed by atoms with E-state index in [-0.39, 0.29) is 12.2 Å². The molecule has 0 aliphatic rings. The van der Waals surface area contributed by atoms with Gasteiger partial charge in [-0.3, -0.25) is 4.79 Å². The maximum Gasteiger partial charge on any atom is 0.167 e. The molecule has 0 aliphatic heterocycles. The quantitative estimate of drug-likeness (QED) is 0.664. The third-order valence-corrected chi connectivity index (χ3v) is 3.93. The predicted octanol–water partition coefficient (Wildman–Crippen LogP) is 5.49. The van der Waals surface area contributed by atoms with Gasteiger partial charge < -0.3 is 0 Å². The van der Waals surface area contributed by atoms with E-state index >= 15 is 0 Å². The van der Waals surface area contributed by atoms with E-state index in [0.29, 0.717) is 21.2 Å². The lowest BCUT2D eigenvalue weighted by Gasteiger charge is -2.07. The van der Waals surface area contributed by atoms with Crippen molar-refractivity contribution in [3.8, 4) is 0 Å². The van der Waals surface area contributed by atoms with Gasteiger partial charge in [-0.05, 0) is 48.4 Å². The van der Waals surface area contributed by atoms with Gasteiger partial charge >= 0.3 is 0 Å². The molecule has 0 saturated heterocycles. The fourth-order valence-corrected chi connectivity index (χ4v) is 3.00. The van der Waals surface area contributed by atoms with Gasteiger partial charge in [-0.25, -0.2) is 0 Å². The molecule has 4 heteroatoms. The molecule has 2 rings (SSSR count). The van der Waals surface area contributed by atoms with Crippen LogP contribution in [0.4, 0.5) is 0 Å². The Morgan fingerprint density at radius 2 is 1.79 bits per heavy atom. The van der Waals surface area contributed by atoms with Crippen LogP contribution in [-0.4, -0.2) is 5.78 Å². The molecule has 98 valence electrons. The summed E-state index contributed by atoms with van der Waals surface area (Å²) in [6.45, 7) is 1.95. The molecule has 0 heterocycles. The summed E-state index contributed by atoms with van der Waals surface area (Å²) in [5.41, 5.74) is 2.36. The van der Waals surface area contributed by atoms with E-state index in [9.17, 15) is 4.79 Å². The van der Waals surface area contributed by atoms with Crippen LogP contribution in [0.2, 0.25) is 10.0 Å². The van der Waals surface area contributed by atoms with Crippen molar-refractivity contribution in [2.24, 2.45) is 0 Å². The average molecular weight is 358 g/mol. The van der Waals surface area contributed by atoms with Gasteiger partial charge in [-0.15, -0.1) is 0 Å². The van der Waals surface area contributed by atoms with Crippen molar-refractivity contribution < 1.29 is 4.79 Å². The summed E-state index contributed by atoms with van der Waals surface area (Å²) in [7, 11) is 0. The molecule has 0 aromatic heterocycles. The molecule has 0 unspecified atom stereocenters. The molecule has 0 radical (unpaired) electrons. The topological polar surface area (TPSA) is 17.1 Å². The van der Waals surface area contributed by atoms with E-state index in [4.69, 9.17) is 23.2 Å². The highest BCUT2D eigenvalue weighted by Gasteiger charge is 2.13. The number of ketones is 1. The van der Waals surface area contributed by atoms with E-state index < -0.39 is 0 Å². The van der Waals surface area contributed by atoms with Crippen molar-refractivity contribution in [3.05, 3.63) is 67.6 Å². The number of halogens is 3. The molecule has 0 atom stereocenters. The van der Waals surface area contributed by atoms with Crippen LogP contribution in [0.1, 0.15) is 21.5 Å². The molecule has 19 heavy (non-hydrogen) atoms. The molecule has 1 nitrogen and oxygen atoms in total. The first-order valence-electron chi connectivity index (χ1n) is 5.70. The summed E-state index contributed by atoms with van der Waals surface area (Å²) >= 11 is 15.5. The smallest absolute Gasteiger partial charge is 0.167 e. The van der Waals surface area contributed by atoms with Crippen LogP contribution < -0.4 is 0 Å². The highest BCUT2D eigenvalue weighted by Crippen LogP contribution is 2.26. The van der Waals surface area contributed by atoms with Crippen molar-refractivity contribution in [2.45, 2.75) is 13.3 Å². The molecule has 0 spiro atoms. The first-order chi connectivity index (χ1) is 8.97. The average Bonchev–Trinajstić information content (AvgIpc) is 2.32. The summed E-state index contributed by atoms with van der Waals surface area (Å²) in [6, 6.07) is 10.9. The van der Waals surface area contributed by atoms with Gasteiger partial charge in [0, 0.05) is 26.5 Å². The Balaban J connectivity index is 2.31. The molecule has 2 aromatic rings. The fourth-order valence-electron chi connectivity index (χ4n) is 1.86. The minimum atomic E-state index is -0.000556. The summed E-state index contributed by atoms with van der Waals surface area (Å²) in [5.74, 6) is -0.000556. The molecule has 0 saturated carbocycles. The van der Waals surface area contributed by atoms with Gasteiger partial charge in [0.25, 0.3) is 0 Å². The second-order valence-corrected chi connectivity index (χ2v) is 6.05. The lowest BCUT2D eigenvalue weighted by Crippen LogP contribution is -2.05. The Morgan fingerprint density at radius 3 is 2.37 bits per heavy atom. The van der Waals surface area contributed by atoms with E-state index in [1.165, 1.54) is 0 Å². The molecular weight excluding hydrogens is 347 g/mol. The van der Waals surface area contributed by atoms with Gasteiger partial charge in [0.05, 0.1) is 0 Å². The molecular formula is C15H11BrCl2O. The van der Waals surface area contributed by atoms with Crippen molar-refractivity contribution in [1.82, 2.24) is 0 Å². The SMILES string of the molecule is Cc1cc(Br)cc(C(=O)Cc2c(Cl)cccc2Cl)c1. The molecule has 0 bridgehead atoms. The van der Waals surface area contributed by atoms with E-state index in [2.05, 4.69) is 15.9 Å². The predicted molar refractivity (Wildman–Crippen MR) is 83.4 cm³/mol. The highest BCUT2D eigenvalue weighted by atomic mass is 79.9. The molecule has 2 aromatic carbocycles. The van der Waals surface area contributed by atoms with Crippen LogP contribution in [0.15, 0.2) is 40.9 Å². The zero-order valence-corrected chi connectivity index (χ0v) is 13.3. The normalized spacial score (nSPS) is 10.5. The van der Waals surface area contributed by atoms with Gasteiger partial charge in [0.15, 0.2) is 5.78 Å². The number of rotatable bonds is 3. The third kappa shape index (κ3) is 3.59. The van der Waals surface area contributed by atoms with Crippen molar-refractivity contribution >= 4 is 44.9 Å². The zero-order valence-electron chi connectivity index (χ0n) is 10.2. The van der Waals surface area contributed by atoms with E-state index in [1.54, 1.807) is 24.3 Å². The van der Waals surface area contributed by atoms with Crippen LogP contribution in [0.25, 0.3) is 0 Å². The van der Waals surface area contributed by atoms with Gasteiger partial charge in [0.1, 0.15) is 0 Å². The van der Waals surface area contributed by atoms with Crippen molar-refractivity contribution in [1.29, 1.82) is 0 Å². The van der Waals surface area contributed by atoms with Crippen molar-refractivity contribution in [2.75, 3.05) is 0 Å². The van der Waals surface area contributed by atoms with Gasteiger partial charge in [-0.1, -0.05) is 45.2 Å². The Kier molecular flexibility index (Phi) is 4.67. The summed E-state index contributed by atoms with van der Waals surface area (Å²) in [5, 5.41) is 1.04. The van der Waals surface area contributed by atoms with Gasteiger partial charge in [0.2, 0.25) is 0 Å². The lowest BCUT2D eigenvalue weighted by atomic mass is 10.0. The second-order valence-electron chi connectivity index (χ2n) is 4.32. The monoisotopic (exact) mass is 356 g/mol. The van der Waals surface area contributed by atoms with Gasteiger partial charge in [-0.2, -0.15) is 0 Å². The number of hydrogen-bond acceptors (Lipinski definition) is 1. The van der Waals surface area contributed by atoms with E-state index in [0.717, 1.165) is 10.0 Å². The third-order valence-electron chi connectivity index (χ3n) is 2.76. The van der Waals surface area contributed by atoms with Crippen LogP contribution in [0.5, 0.6) is 0 Å². The molecule has 0 N–H and O–H groups in total. The fraction of sp³-hybridized carbons (Fsp3) is 0.133. The second kappa shape index (κ2) is 6.08. The summed E-state index contributed by atoms with van der Waals surface area (Å²) < 4.78 is 0.890. The van der Waals surface area contributed by atoms with Crippen molar-refractivity contribution in [3.63, 3.8) is 0 Å². The number of carbonyl (C=O) groups excluding carboxylic acids is 1. The van der Waals surface area contributed by atoms with Crippen LogP contribution in [0.3, 0.4) is 0 Å². The zero-order chi connectivity index (χ0) is 14.0. The lowest BCUT2D eigenvalue weighted by molar-refractivity contribution is 0.0993. The number of hydrogen-bond donors (Lipinski definition) is 0. The first kappa shape index (κ1) is 14.6. The summed E-state index contributed by atoms with van der Waals surface area (Å²) in [6.07, 6.45) is 0.203. The maximum absolute atomic E-state index is 12.3. The Hall–Kier alpha value is -0.830.